The van der Waals surface area contributed by atoms with Gasteiger partial charge < -0.3 is 18.9 Å². The lowest BCUT2D eigenvalue weighted by atomic mass is 9.88. The number of aromatic nitrogens is 1. The Morgan fingerprint density at radius 1 is 0.939 bits per heavy atom. The number of benzene rings is 3. The highest BCUT2D eigenvalue weighted by Gasteiger charge is 2.32. The SMILES string of the molecule is COc1ccc2c(Cc3cccc(C)c3)c3[n+](cc2c1OC)CCc1cc2c(cc1-3)OCO2. The number of fused-ring (bicyclic) bond motifs is 5. The summed E-state index contributed by atoms with van der Waals surface area (Å²) in [7, 11) is 3.39. The summed E-state index contributed by atoms with van der Waals surface area (Å²) in [5.41, 5.74) is 7.56. The van der Waals surface area contributed by atoms with Gasteiger partial charge in [0.15, 0.2) is 35.7 Å². The number of hydrogen-bond acceptors (Lipinski definition) is 4. The highest BCUT2D eigenvalue weighted by molar-refractivity contribution is 5.95. The zero-order valence-corrected chi connectivity index (χ0v) is 19.1. The van der Waals surface area contributed by atoms with Crippen LogP contribution in [0.1, 0.15) is 22.3 Å². The summed E-state index contributed by atoms with van der Waals surface area (Å²) in [6, 6.07) is 17.2. The minimum Gasteiger partial charge on any atom is -0.493 e. The molecule has 1 aromatic heterocycles. The first-order chi connectivity index (χ1) is 16.2. The van der Waals surface area contributed by atoms with Gasteiger partial charge in [0.05, 0.1) is 25.2 Å². The van der Waals surface area contributed by atoms with E-state index in [1.807, 2.05) is 6.07 Å². The number of aryl methyl sites for hydroxylation is 3. The molecule has 6 rings (SSSR count). The molecule has 2 aliphatic rings. The van der Waals surface area contributed by atoms with Crippen molar-refractivity contribution < 1.29 is 23.5 Å². The van der Waals surface area contributed by atoms with E-state index in [0.717, 1.165) is 47.8 Å². The Bertz CT molecular complexity index is 1410. The minimum absolute atomic E-state index is 0.281. The van der Waals surface area contributed by atoms with Gasteiger partial charge in [-0.2, -0.15) is 4.57 Å². The molecule has 5 nitrogen and oxygen atoms in total. The number of hydrogen-bond donors (Lipinski definition) is 0. The molecular weight excluding hydrogens is 414 g/mol. The second-order valence-electron chi connectivity index (χ2n) is 8.69. The predicted octanol–water partition coefficient (Wildman–Crippen LogP) is 5.00. The smallest absolute Gasteiger partial charge is 0.231 e. The maximum absolute atomic E-state index is 5.82. The fourth-order valence-corrected chi connectivity index (χ4v) is 5.21. The number of ether oxygens (including phenoxy) is 4. The summed E-state index contributed by atoms with van der Waals surface area (Å²) in [5, 5.41) is 2.23. The average Bonchev–Trinajstić information content (AvgIpc) is 3.29. The summed E-state index contributed by atoms with van der Waals surface area (Å²) in [6.45, 7) is 3.31. The molecule has 0 N–H and O–H groups in total. The Labute approximate surface area is 193 Å². The van der Waals surface area contributed by atoms with Crippen LogP contribution >= 0.6 is 0 Å². The normalized spacial score (nSPS) is 13.5. The van der Waals surface area contributed by atoms with E-state index in [2.05, 4.69) is 60.2 Å². The van der Waals surface area contributed by atoms with Crippen molar-refractivity contribution in [1.29, 1.82) is 0 Å². The Hall–Kier alpha value is -3.73. The van der Waals surface area contributed by atoms with Crippen LogP contribution in [0.4, 0.5) is 0 Å². The highest BCUT2D eigenvalue weighted by atomic mass is 16.7. The van der Waals surface area contributed by atoms with Crippen molar-refractivity contribution in [1.82, 2.24) is 0 Å². The lowest BCUT2D eigenvalue weighted by Crippen LogP contribution is -2.41. The fraction of sp³-hybridized carbons (Fsp3) is 0.250. The molecule has 3 heterocycles. The van der Waals surface area contributed by atoms with Crippen LogP contribution < -0.4 is 23.5 Å². The van der Waals surface area contributed by atoms with Crippen molar-refractivity contribution in [3.05, 3.63) is 77.0 Å². The van der Waals surface area contributed by atoms with E-state index in [0.29, 0.717) is 0 Å². The molecule has 0 spiro atoms. The van der Waals surface area contributed by atoms with E-state index >= 15 is 0 Å². The van der Waals surface area contributed by atoms with Gasteiger partial charge in [-0.05, 0) is 42.3 Å². The third-order valence-corrected chi connectivity index (χ3v) is 6.71. The molecule has 166 valence electrons. The standard InChI is InChI=1S/C28H26NO4/c1-17-5-4-6-18(11-17)12-22-20-7-8-24(30-2)28(31-3)23(20)15-29-10-9-19-13-25-26(33-16-32-25)14-21(19)27(22)29/h4-8,11,13-15H,9-10,12,16H2,1-3H3/q+1. The third-order valence-electron chi connectivity index (χ3n) is 6.71. The first-order valence-corrected chi connectivity index (χ1v) is 11.2. The summed E-state index contributed by atoms with van der Waals surface area (Å²) < 4.78 is 25.2. The topological polar surface area (TPSA) is 40.8 Å². The van der Waals surface area contributed by atoms with E-state index in [1.54, 1.807) is 14.2 Å². The lowest BCUT2D eigenvalue weighted by molar-refractivity contribution is -0.686. The number of pyridine rings is 1. The second kappa shape index (κ2) is 7.69. The summed E-state index contributed by atoms with van der Waals surface area (Å²) in [4.78, 5) is 0. The Morgan fingerprint density at radius 2 is 1.79 bits per heavy atom. The van der Waals surface area contributed by atoms with Crippen LogP contribution in [0.3, 0.4) is 0 Å². The zero-order chi connectivity index (χ0) is 22.5. The monoisotopic (exact) mass is 440 g/mol. The summed E-state index contributed by atoms with van der Waals surface area (Å²) >= 11 is 0. The zero-order valence-electron chi connectivity index (χ0n) is 19.1. The first kappa shape index (κ1) is 19.9. The van der Waals surface area contributed by atoms with Crippen molar-refractivity contribution in [2.24, 2.45) is 0 Å². The second-order valence-corrected chi connectivity index (χ2v) is 8.69. The Morgan fingerprint density at radius 3 is 2.58 bits per heavy atom. The van der Waals surface area contributed by atoms with Crippen LogP contribution in [0.15, 0.2) is 54.7 Å². The molecule has 5 heteroatoms. The third kappa shape index (κ3) is 3.18. The van der Waals surface area contributed by atoms with Crippen LogP contribution in [0.25, 0.3) is 22.0 Å². The Balaban J connectivity index is 1.66. The van der Waals surface area contributed by atoms with E-state index in [1.165, 1.54) is 38.9 Å². The maximum atomic E-state index is 5.82. The van der Waals surface area contributed by atoms with E-state index in [-0.39, 0.29) is 6.79 Å². The van der Waals surface area contributed by atoms with Crippen molar-refractivity contribution >= 4 is 10.8 Å². The molecular formula is C28H26NO4+. The number of methoxy groups -OCH3 is 2. The fourth-order valence-electron chi connectivity index (χ4n) is 5.21. The molecule has 0 fully saturated rings. The van der Waals surface area contributed by atoms with Crippen molar-refractivity contribution in [2.75, 3.05) is 21.0 Å². The molecule has 0 aliphatic carbocycles. The van der Waals surface area contributed by atoms with Crippen LogP contribution in [0, 0.1) is 6.92 Å². The van der Waals surface area contributed by atoms with Crippen molar-refractivity contribution in [3.63, 3.8) is 0 Å². The molecule has 0 atom stereocenters. The molecule has 3 aromatic carbocycles. The van der Waals surface area contributed by atoms with Gasteiger partial charge >= 0.3 is 0 Å². The largest absolute Gasteiger partial charge is 0.493 e. The molecule has 33 heavy (non-hydrogen) atoms. The predicted molar refractivity (Wildman–Crippen MR) is 126 cm³/mol. The number of nitrogens with zero attached hydrogens (tertiary/aromatic N) is 1. The molecule has 0 saturated heterocycles. The van der Waals surface area contributed by atoms with Crippen molar-refractivity contribution in [3.8, 4) is 34.3 Å². The van der Waals surface area contributed by atoms with Crippen LogP contribution in [-0.4, -0.2) is 21.0 Å². The van der Waals surface area contributed by atoms with Crippen LogP contribution in [0.2, 0.25) is 0 Å². The van der Waals surface area contributed by atoms with Gasteiger partial charge in [-0.25, -0.2) is 0 Å². The van der Waals surface area contributed by atoms with E-state index < -0.39 is 0 Å². The minimum atomic E-state index is 0.281. The summed E-state index contributed by atoms with van der Waals surface area (Å²) in [6.07, 6.45) is 3.96. The van der Waals surface area contributed by atoms with Crippen LogP contribution in [0.5, 0.6) is 23.0 Å². The molecule has 4 aromatic rings. The van der Waals surface area contributed by atoms with Crippen LogP contribution in [-0.2, 0) is 19.4 Å². The highest BCUT2D eigenvalue weighted by Crippen LogP contribution is 2.44. The molecule has 0 amide bonds. The van der Waals surface area contributed by atoms with Gasteiger partial charge in [-0.3, -0.25) is 0 Å². The maximum Gasteiger partial charge on any atom is 0.231 e. The lowest BCUT2D eigenvalue weighted by Gasteiger charge is -2.21. The first-order valence-electron chi connectivity index (χ1n) is 11.2. The molecule has 0 radical (unpaired) electrons. The quantitative estimate of drug-likeness (QED) is 0.419. The van der Waals surface area contributed by atoms with Gasteiger partial charge in [0, 0.05) is 23.8 Å². The molecule has 0 saturated carbocycles. The summed E-state index contributed by atoms with van der Waals surface area (Å²) in [5.74, 6) is 3.17. The van der Waals surface area contributed by atoms with Gasteiger partial charge in [0.2, 0.25) is 12.5 Å². The van der Waals surface area contributed by atoms with E-state index in [9.17, 15) is 0 Å². The van der Waals surface area contributed by atoms with Gasteiger partial charge in [-0.15, -0.1) is 0 Å². The average molecular weight is 441 g/mol. The Kier molecular flexibility index (Phi) is 4.64. The van der Waals surface area contributed by atoms with Gasteiger partial charge in [-0.1, -0.05) is 29.8 Å². The van der Waals surface area contributed by atoms with Gasteiger partial charge in [0.1, 0.15) is 0 Å². The molecule has 2 aliphatic heterocycles. The molecule has 0 unspecified atom stereocenters. The van der Waals surface area contributed by atoms with Crippen molar-refractivity contribution in [2.45, 2.75) is 26.3 Å². The van der Waals surface area contributed by atoms with E-state index in [4.69, 9.17) is 18.9 Å². The molecule has 0 bridgehead atoms. The number of rotatable bonds is 4. The van der Waals surface area contributed by atoms with Gasteiger partial charge in [0.25, 0.3) is 0 Å².